The average Bonchev–Trinajstić information content (AvgIpc) is 2.72. The summed E-state index contributed by atoms with van der Waals surface area (Å²) in [6.07, 6.45) is 1.60. The quantitative estimate of drug-likeness (QED) is 0.692. The van der Waals surface area contributed by atoms with E-state index in [4.69, 9.17) is 17.3 Å². The first kappa shape index (κ1) is 10.1. The summed E-state index contributed by atoms with van der Waals surface area (Å²) in [7, 11) is 0. The first-order valence-corrected chi connectivity index (χ1v) is 5.47. The maximum absolute atomic E-state index is 5.84. The fourth-order valence-electron chi connectivity index (χ4n) is 1.66. The Kier molecular flexibility index (Phi) is 2.23. The van der Waals surface area contributed by atoms with E-state index in [9.17, 15) is 0 Å². The number of H-pyrrole nitrogens is 1. The van der Waals surface area contributed by atoms with Crippen LogP contribution in [0.25, 0.3) is 22.6 Å². The normalized spacial score (nSPS) is 10.9. The standard InChI is InChI=1S/C12H9ClN4/c13-8-3-1-7(2-4-8)11-16-10-5-9(14)6-15-12(10)17-11/h1-6H,14H2,(H,15,16,17). The van der Waals surface area contributed by atoms with Gasteiger partial charge in [0.1, 0.15) is 11.3 Å². The molecule has 0 saturated carbocycles. The first-order valence-electron chi connectivity index (χ1n) is 5.09. The van der Waals surface area contributed by atoms with Gasteiger partial charge in [-0.1, -0.05) is 11.6 Å². The van der Waals surface area contributed by atoms with Crippen molar-refractivity contribution in [3.63, 3.8) is 0 Å². The molecule has 0 amide bonds. The molecule has 0 bridgehead atoms. The topological polar surface area (TPSA) is 67.6 Å². The molecule has 1 aromatic carbocycles. The summed E-state index contributed by atoms with van der Waals surface area (Å²) >= 11 is 5.84. The molecule has 2 aromatic heterocycles. The predicted octanol–water partition coefficient (Wildman–Crippen LogP) is 2.86. The van der Waals surface area contributed by atoms with Gasteiger partial charge >= 0.3 is 0 Å². The Labute approximate surface area is 102 Å². The second kappa shape index (κ2) is 3.75. The van der Waals surface area contributed by atoms with Gasteiger partial charge in [0.2, 0.25) is 0 Å². The van der Waals surface area contributed by atoms with Gasteiger partial charge in [-0.2, -0.15) is 0 Å². The van der Waals surface area contributed by atoms with Crippen molar-refractivity contribution >= 4 is 28.5 Å². The molecule has 0 unspecified atom stereocenters. The van der Waals surface area contributed by atoms with Gasteiger partial charge in [0.05, 0.1) is 11.9 Å². The number of rotatable bonds is 1. The summed E-state index contributed by atoms with van der Waals surface area (Å²) < 4.78 is 0. The van der Waals surface area contributed by atoms with E-state index >= 15 is 0 Å². The van der Waals surface area contributed by atoms with Gasteiger partial charge in [-0.3, -0.25) is 0 Å². The summed E-state index contributed by atoms with van der Waals surface area (Å²) in [6, 6.07) is 9.25. The van der Waals surface area contributed by atoms with Gasteiger partial charge in [0.25, 0.3) is 0 Å². The van der Waals surface area contributed by atoms with E-state index in [0.29, 0.717) is 10.7 Å². The minimum atomic E-state index is 0.603. The Morgan fingerprint density at radius 1 is 1.18 bits per heavy atom. The molecular formula is C12H9ClN4. The second-order valence-corrected chi connectivity index (χ2v) is 4.17. The molecule has 17 heavy (non-hydrogen) atoms. The smallest absolute Gasteiger partial charge is 0.157 e. The molecule has 0 radical (unpaired) electrons. The van der Waals surface area contributed by atoms with Crippen molar-refractivity contribution in [3.05, 3.63) is 41.6 Å². The number of aromatic amines is 1. The van der Waals surface area contributed by atoms with E-state index in [1.807, 2.05) is 24.3 Å². The molecule has 0 spiro atoms. The molecule has 3 aromatic rings. The van der Waals surface area contributed by atoms with Gasteiger partial charge in [-0.25, -0.2) is 9.97 Å². The lowest BCUT2D eigenvalue weighted by Crippen LogP contribution is -1.85. The molecule has 4 nitrogen and oxygen atoms in total. The number of aromatic nitrogens is 3. The zero-order chi connectivity index (χ0) is 11.8. The molecule has 84 valence electrons. The van der Waals surface area contributed by atoms with E-state index in [1.165, 1.54) is 0 Å². The molecule has 5 heteroatoms. The van der Waals surface area contributed by atoms with Crippen molar-refractivity contribution in [2.45, 2.75) is 0 Å². The number of hydrogen-bond donors (Lipinski definition) is 2. The lowest BCUT2D eigenvalue weighted by molar-refractivity contribution is 1.30. The Morgan fingerprint density at radius 2 is 1.94 bits per heavy atom. The maximum atomic E-state index is 5.84. The zero-order valence-corrected chi connectivity index (χ0v) is 9.57. The highest BCUT2D eigenvalue weighted by molar-refractivity contribution is 6.30. The van der Waals surface area contributed by atoms with Crippen LogP contribution in [-0.4, -0.2) is 15.0 Å². The highest BCUT2D eigenvalue weighted by atomic mass is 35.5. The van der Waals surface area contributed by atoms with E-state index in [-0.39, 0.29) is 0 Å². The molecule has 0 aliphatic rings. The Bertz CT molecular complexity index is 673. The second-order valence-electron chi connectivity index (χ2n) is 3.73. The number of anilines is 1. The molecule has 0 atom stereocenters. The molecule has 0 aliphatic heterocycles. The Morgan fingerprint density at radius 3 is 2.71 bits per heavy atom. The van der Waals surface area contributed by atoms with Crippen LogP contribution in [0.2, 0.25) is 5.02 Å². The largest absolute Gasteiger partial charge is 0.397 e. The van der Waals surface area contributed by atoms with Crippen molar-refractivity contribution in [1.82, 2.24) is 15.0 Å². The van der Waals surface area contributed by atoms with Gasteiger partial charge in [0, 0.05) is 10.6 Å². The number of nitrogens with one attached hydrogen (secondary N) is 1. The fraction of sp³-hybridized carbons (Fsp3) is 0. The van der Waals surface area contributed by atoms with Gasteiger partial charge in [-0.15, -0.1) is 0 Å². The zero-order valence-electron chi connectivity index (χ0n) is 8.81. The van der Waals surface area contributed by atoms with Crippen LogP contribution in [0.4, 0.5) is 5.69 Å². The number of imidazole rings is 1. The van der Waals surface area contributed by atoms with E-state index in [1.54, 1.807) is 12.3 Å². The van der Waals surface area contributed by atoms with Crippen LogP contribution in [0.1, 0.15) is 0 Å². The summed E-state index contributed by atoms with van der Waals surface area (Å²) in [5.74, 6) is 0.759. The summed E-state index contributed by atoms with van der Waals surface area (Å²) in [5, 5.41) is 0.701. The molecule has 0 aliphatic carbocycles. The highest BCUT2D eigenvalue weighted by Crippen LogP contribution is 2.21. The van der Waals surface area contributed by atoms with Crippen molar-refractivity contribution < 1.29 is 0 Å². The third kappa shape index (κ3) is 1.83. The average molecular weight is 245 g/mol. The summed E-state index contributed by atoms with van der Waals surface area (Å²) in [4.78, 5) is 11.7. The molecule has 0 fully saturated rings. The number of halogens is 1. The monoisotopic (exact) mass is 244 g/mol. The van der Waals surface area contributed by atoms with Crippen LogP contribution in [0.15, 0.2) is 36.5 Å². The number of fused-ring (bicyclic) bond motifs is 1. The third-order valence-corrected chi connectivity index (χ3v) is 2.73. The lowest BCUT2D eigenvalue weighted by Gasteiger charge is -1.95. The Hall–Kier alpha value is -2.07. The predicted molar refractivity (Wildman–Crippen MR) is 68.7 cm³/mol. The van der Waals surface area contributed by atoms with Crippen LogP contribution >= 0.6 is 11.6 Å². The van der Waals surface area contributed by atoms with Crippen LogP contribution in [-0.2, 0) is 0 Å². The van der Waals surface area contributed by atoms with Crippen LogP contribution < -0.4 is 5.73 Å². The highest BCUT2D eigenvalue weighted by Gasteiger charge is 2.06. The number of benzene rings is 1. The minimum Gasteiger partial charge on any atom is -0.397 e. The summed E-state index contributed by atoms with van der Waals surface area (Å²) in [6.45, 7) is 0. The maximum Gasteiger partial charge on any atom is 0.157 e. The third-order valence-electron chi connectivity index (χ3n) is 2.48. The number of nitrogen functional groups attached to an aromatic ring is 1. The lowest BCUT2D eigenvalue weighted by atomic mass is 10.2. The number of nitrogens with zero attached hydrogens (tertiary/aromatic N) is 2. The fourth-order valence-corrected chi connectivity index (χ4v) is 1.78. The number of hydrogen-bond acceptors (Lipinski definition) is 3. The number of nitrogens with two attached hydrogens (primary N) is 1. The van der Waals surface area contributed by atoms with Crippen LogP contribution in [0, 0.1) is 0 Å². The van der Waals surface area contributed by atoms with Gasteiger partial charge < -0.3 is 10.7 Å². The molecule has 2 heterocycles. The van der Waals surface area contributed by atoms with Crippen molar-refractivity contribution in [2.75, 3.05) is 5.73 Å². The van der Waals surface area contributed by atoms with E-state index in [2.05, 4.69) is 15.0 Å². The van der Waals surface area contributed by atoms with Gasteiger partial charge in [0.15, 0.2) is 5.65 Å². The van der Waals surface area contributed by atoms with Crippen LogP contribution in [0.5, 0.6) is 0 Å². The summed E-state index contributed by atoms with van der Waals surface area (Å²) in [5.41, 5.74) is 8.71. The molecule has 3 rings (SSSR count). The van der Waals surface area contributed by atoms with Crippen molar-refractivity contribution in [2.24, 2.45) is 0 Å². The van der Waals surface area contributed by atoms with Gasteiger partial charge in [-0.05, 0) is 30.3 Å². The SMILES string of the molecule is Nc1cnc2[nH]c(-c3ccc(Cl)cc3)nc2c1. The van der Waals surface area contributed by atoms with Crippen LogP contribution in [0.3, 0.4) is 0 Å². The molecule has 3 N–H and O–H groups in total. The first-order chi connectivity index (χ1) is 8.22. The Balaban J connectivity index is 2.14. The van der Waals surface area contributed by atoms with Crippen molar-refractivity contribution in [1.29, 1.82) is 0 Å². The number of pyridine rings is 1. The minimum absolute atomic E-state index is 0.603. The molecular weight excluding hydrogens is 236 g/mol. The van der Waals surface area contributed by atoms with E-state index < -0.39 is 0 Å². The van der Waals surface area contributed by atoms with E-state index in [0.717, 1.165) is 22.6 Å². The van der Waals surface area contributed by atoms with Crippen molar-refractivity contribution in [3.8, 4) is 11.4 Å². The molecule has 0 saturated heterocycles.